The molecule has 0 bridgehead atoms. The van der Waals surface area contributed by atoms with E-state index in [0.29, 0.717) is 6.61 Å². The lowest BCUT2D eigenvalue weighted by atomic mass is 9.91. The van der Waals surface area contributed by atoms with E-state index in [2.05, 4.69) is 18.2 Å². The van der Waals surface area contributed by atoms with E-state index in [1.807, 2.05) is 30.3 Å². The van der Waals surface area contributed by atoms with Crippen LogP contribution < -0.4 is 4.74 Å². The third-order valence-corrected chi connectivity index (χ3v) is 3.49. The van der Waals surface area contributed by atoms with Crippen LogP contribution in [0.15, 0.2) is 42.5 Å². The normalized spacial score (nSPS) is 14.0. The SMILES string of the molecule is [c]1ccc(OCc2ccccc2)c2c1CCCC2. The monoisotopic (exact) mass is 237 g/mol. The quantitative estimate of drug-likeness (QED) is 0.785. The van der Waals surface area contributed by atoms with Gasteiger partial charge in [0.25, 0.3) is 0 Å². The summed E-state index contributed by atoms with van der Waals surface area (Å²) in [5.41, 5.74) is 3.95. The van der Waals surface area contributed by atoms with E-state index in [1.165, 1.54) is 29.5 Å². The molecule has 1 aliphatic rings. The molecule has 91 valence electrons. The van der Waals surface area contributed by atoms with E-state index < -0.39 is 0 Å². The summed E-state index contributed by atoms with van der Waals surface area (Å²) in [6, 6.07) is 17.7. The predicted molar refractivity (Wildman–Crippen MR) is 72.7 cm³/mol. The first-order valence-corrected chi connectivity index (χ1v) is 6.62. The van der Waals surface area contributed by atoms with Gasteiger partial charge in [0.2, 0.25) is 0 Å². The molecule has 18 heavy (non-hydrogen) atoms. The highest BCUT2D eigenvalue weighted by molar-refractivity contribution is 5.41. The average Bonchev–Trinajstić information content (AvgIpc) is 2.46. The Bertz CT molecular complexity index is 516. The van der Waals surface area contributed by atoms with Gasteiger partial charge in [-0.2, -0.15) is 0 Å². The summed E-state index contributed by atoms with van der Waals surface area (Å²) in [5.74, 6) is 1.05. The minimum absolute atomic E-state index is 0.650. The van der Waals surface area contributed by atoms with E-state index in [1.54, 1.807) is 0 Å². The smallest absolute Gasteiger partial charge is 0.123 e. The number of rotatable bonds is 3. The molecular formula is C17H17O. The molecule has 0 atom stereocenters. The molecule has 0 fully saturated rings. The van der Waals surface area contributed by atoms with Gasteiger partial charge in [-0.3, -0.25) is 0 Å². The molecule has 0 amide bonds. The standard InChI is InChI=1S/C17H17O/c1-2-7-14(8-3-1)13-18-17-12-6-10-15-9-4-5-11-16(15)17/h1-3,6-8,12H,4-5,9,11,13H2. The van der Waals surface area contributed by atoms with Gasteiger partial charge >= 0.3 is 0 Å². The minimum atomic E-state index is 0.650. The Morgan fingerprint density at radius 2 is 1.83 bits per heavy atom. The van der Waals surface area contributed by atoms with Crippen molar-refractivity contribution in [2.75, 3.05) is 0 Å². The highest BCUT2D eigenvalue weighted by Crippen LogP contribution is 2.29. The molecule has 0 saturated carbocycles. The summed E-state index contributed by atoms with van der Waals surface area (Å²) < 4.78 is 5.97. The molecule has 1 aliphatic carbocycles. The molecule has 1 radical (unpaired) electrons. The second kappa shape index (κ2) is 5.26. The van der Waals surface area contributed by atoms with Crippen molar-refractivity contribution >= 4 is 0 Å². The largest absolute Gasteiger partial charge is 0.489 e. The van der Waals surface area contributed by atoms with Crippen molar-refractivity contribution < 1.29 is 4.74 Å². The molecular weight excluding hydrogens is 220 g/mol. The van der Waals surface area contributed by atoms with Crippen LogP contribution in [0, 0.1) is 6.07 Å². The van der Waals surface area contributed by atoms with Crippen LogP contribution in [-0.4, -0.2) is 0 Å². The summed E-state index contributed by atoms with van der Waals surface area (Å²) in [6.07, 6.45) is 4.84. The van der Waals surface area contributed by atoms with Crippen LogP contribution in [0.1, 0.15) is 29.5 Å². The van der Waals surface area contributed by atoms with E-state index in [4.69, 9.17) is 4.74 Å². The first kappa shape index (κ1) is 11.3. The Kier molecular flexibility index (Phi) is 3.31. The Balaban J connectivity index is 1.77. The average molecular weight is 237 g/mol. The molecule has 0 N–H and O–H groups in total. The van der Waals surface area contributed by atoms with E-state index in [0.717, 1.165) is 18.6 Å². The van der Waals surface area contributed by atoms with Crippen LogP contribution in [0.5, 0.6) is 5.75 Å². The van der Waals surface area contributed by atoms with Crippen LogP contribution in [-0.2, 0) is 19.4 Å². The van der Waals surface area contributed by atoms with Gasteiger partial charge < -0.3 is 4.74 Å². The van der Waals surface area contributed by atoms with Crippen LogP contribution >= 0.6 is 0 Å². The number of hydrogen-bond donors (Lipinski definition) is 0. The van der Waals surface area contributed by atoms with Crippen LogP contribution in [0.2, 0.25) is 0 Å². The first-order chi connectivity index (χ1) is 8.93. The fourth-order valence-corrected chi connectivity index (χ4v) is 2.53. The number of hydrogen-bond acceptors (Lipinski definition) is 1. The lowest BCUT2D eigenvalue weighted by Crippen LogP contribution is -2.06. The Morgan fingerprint density at radius 1 is 1.00 bits per heavy atom. The summed E-state index contributed by atoms with van der Waals surface area (Å²) in [7, 11) is 0. The van der Waals surface area contributed by atoms with E-state index in [9.17, 15) is 0 Å². The first-order valence-electron chi connectivity index (χ1n) is 6.62. The third-order valence-electron chi connectivity index (χ3n) is 3.49. The molecule has 0 aromatic heterocycles. The highest BCUT2D eigenvalue weighted by atomic mass is 16.5. The van der Waals surface area contributed by atoms with Gasteiger partial charge in [-0.25, -0.2) is 0 Å². The zero-order valence-electron chi connectivity index (χ0n) is 10.5. The molecule has 0 saturated heterocycles. The molecule has 0 heterocycles. The summed E-state index contributed by atoms with van der Waals surface area (Å²) in [6.45, 7) is 0.650. The molecule has 1 nitrogen and oxygen atoms in total. The van der Waals surface area contributed by atoms with E-state index >= 15 is 0 Å². The van der Waals surface area contributed by atoms with Gasteiger partial charge in [0.05, 0.1) is 0 Å². The lowest BCUT2D eigenvalue weighted by molar-refractivity contribution is 0.301. The van der Waals surface area contributed by atoms with Crippen molar-refractivity contribution in [2.24, 2.45) is 0 Å². The van der Waals surface area contributed by atoms with Gasteiger partial charge in [-0.1, -0.05) is 36.4 Å². The van der Waals surface area contributed by atoms with Crippen LogP contribution in [0.3, 0.4) is 0 Å². The van der Waals surface area contributed by atoms with Gasteiger partial charge in [0.15, 0.2) is 0 Å². The molecule has 2 aromatic rings. The van der Waals surface area contributed by atoms with Crippen molar-refractivity contribution in [3.05, 3.63) is 65.2 Å². The van der Waals surface area contributed by atoms with Gasteiger partial charge in [0.1, 0.15) is 12.4 Å². The highest BCUT2D eigenvalue weighted by Gasteiger charge is 2.13. The second-order valence-electron chi connectivity index (χ2n) is 4.78. The zero-order chi connectivity index (χ0) is 12.2. The Hall–Kier alpha value is -1.76. The minimum Gasteiger partial charge on any atom is -0.489 e. The second-order valence-corrected chi connectivity index (χ2v) is 4.78. The maximum atomic E-state index is 5.97. The Labute approximate surface area is 108 Å². The van der Waals surface area contributed by atoms with Crippen molar-refractivity contribution in [1.29, 1.82) is 0 Å². The maximum Gasteiger partial charge on any atom is 0.123 e. The molecule has 0 spiro atoms. The van der Waals surface area contributed by atoms with Gasteiger partial charge in [0, 0.05) is 0 Å². The van der Waals surface area contributed by atoms with Crippen LogP contribution in [0.25, 0.3) is 0 Å². The number of ether oxygens (including phenoxy) is 1. The van der Waals surface area contributed by atoms with Crippen molar-refractivity contribution in [1.82, 2.24) is 0 Å². The number of aryl methyl sites for hydroxylation is 1. The summed E-state index contributed by atoms with van der Waals surface area (Å²) >= 11 is 0. The van der Waals surface area contributed by atoms with Gasteiger partial charge in [-0.05, 0) is 54.5 Å². The third kappa shape index (κ3) is 2.40. The van der Waals surface area contributed by atoms with Crippen LogP contribution in [0.4, 0.5) is 0 Å². The Morgan fingerprint density at radius 3 is 2.72 bits per heavy atom. The van der Waals surface area contributed by atoms with Crippen molar-refractivity contribution in [2.45, 2.75) is 32.3 Å². The van der Waals surface area contributed by atoms with Crippen molar-refractivity contribution in [3.63, 3.8) is 0 Å². The molecule has 0 unspecified atom stereocenters. The van der Waals surface area contributed by atoms with Gasteiger partial charge in [-0.15, -0.1) is 0 Å². The lowest BCUT2D eigenvalue weighted by Gasteiger charge is -2.19. The summed E-state index contributed by atoms with van der Waals surface area (Å²) in [4.78, 5) is 0. The topological polar surface area (TPSA) is 9.23 Å². The number of fused-ring (bicyclic) bond motifs is 1. The predicted octanol–water partition coefficient (Wildman–Crippen LogP) is 3.94. The molecule has 1 heteroatoms. The summed E-state index contributed by atoms with van der Waals surface area (Å²) in [5, 5.41) is 0. The number of benzene rings is 2. The molecule has 0 aliphatic heterocycles. The fourth-order valence-electron chi connectivity index (χ4n) is 2.53. The molecule has 2 aromatic carbocycles. The zero-order valence-corrected chi connectivity index (χ0v) is 10.5. The fraction of sp³-hybridized carbons (Fsp3) is 0.294. The molecule has 3 rings (SSSR count). The van der Waals surface area contributed by atoms with E-state index in [-0.39, 0.29) is 0 Å². The van der Waals surface area contributed by atoms with Crippen molar-refractivity contribution in [3.8, 4) is 5.75 Å². The maximum absolute atomic E-state index is 5.97.